The van der Waals surface area contributed by atoms with Gasteiger partial charge in [-0.1, -0.05) is 13.8 Å². The Morgan fingerprint density at radius 3 is 2.43 bits per heavy atom. The minimum atomic E-state index is -0.445. The van der Waals surface area contributed by atoms with E-state index in [4.69, 9.17) is 11.5 Å². The number of nitrogens with zero attached hydrogens (tertiary/aromatic N) is 1. The van der Waals surface area contributed by atoms with Crippen molar-refractivity contribution in [3.8, 4) is 0 Å². The number of carbonyl (C=O) groups is 2. The summed E-state index contributed by atoms with van der Waals surface area (Å²) in [4.78, 5) is 24.7. The smallest absolute Gasteiger partial charge is 0.220 e. The van der Waals surface area contributed by atoms with Gasteiger partial charge in [-0.3, -0.25) is 9.59 Å². The van der Waals surface area contributed by atoms with Gasteiger partial charge >= 0.3 is 0 Å². The number of carbonyl (C=O) groups excluding carboxylic acids is 2. The molecular formula is C14H31N5O2. The van der Waals surface area contributed by atoms with Gasteiger partial charge in [0.2, 0.25) is 11.8 Å². The van der Waals surface area contributed by atoms with Crippen LogP contribution in [0, 0.1) is 5.92 Å². The van der Waals surface area contributed by atoms with Gasteiger partial charge in [0.25, 0.3) is 0 Å². The van der Waals surface area contributed by atoms with Crippen molar-refractivity contribution >= 4 is 11.8 Å². The van der Waals surface area contributed by atoms with E-state index in [9.17, 15) is 9.59 Å². The van der Waals surface area contributed by atoms with E-state index in [0.717, 1.165) is 32.6 Å². The lowest BCUT2D eigenvalue weighted by atomic mass is 10.1. The molecule has 21 heavy (non-hydrogen) atoms. The van der Waals surface area contributed by atoms with Gasteiger partial charge in [0.1, 0.15) is 0 Å². The zero-order chi connectivity index (χ0) is 16.1. The fourth-order valence-corrected chi connectivity index (χ4v) is 1.94. The van der Waals surface area contributed by atoms with Crippen LogP contribution in [0.15, 0.2) is 0 Å². The highest BCUT2D eigenvalue weighted by atomic mass is 16.2. The number of primary amides is 1. The van der Waals surface area contributed by atoms with E-state index in [1.54, 1.807) is 6.92 Å². The van der Waals surface area contributed by atoms with Crippen molar-refractivity contribution in [2.75, 3.05) is 45.8 Å². The standard InChI is InChI=1S/C14H31N5O2/c1-3-8-19(9-4-15)10-7-17-5-6-18-13(20)11-12(2)14(16)21/h12,17H,3-11,15H2,1-2H3,(H2,16,21)(H,18,20). The molecule has 0 bridgehead atoms. The first-order valence-corrected chi connectivity index (χ1v) is 7.70. The van der Waals surface area contributed by atoms with Crippen molar-refractivity contribution in [1.29, 1.82) is 0 Å². The maximum absolute atomic E-state index is 11.5. The van der Waals surface area contributed by atoms with Crippen LogP contribution in [0.5, 0.6) is 0 Å². The van der Waals surface area contributed by atoms with Crippen LogP contribution < -0.4 is 22.1 Å². The van der Waals surface area contributed by atoms with Crippen LogP contribution >= 0.6 is 0 Å². The second kappa shape index (κ2) is 12.6. The molecule has 124 valence electrons. The Balaban J connectivity index is 3.58. The normalized spacial score (nSPS) is 12.4. The quantitative estimate of drug-likeness (QED) is 0.322. The fraction of sp³-hybridized carbons (Fsp3) is 0.857. The molecule has 7 nitrogen and oxygen atoms in total. The molecule has 0 aliphatic carbocycles. The second-order valence-electron chi connectivity index (χ2n) is 5.24. The zero-order valence-corrected chi connectivity index (χ0v) is 13.4. The van der Waals surface area contributed by atoms with Crippen molar-refractivity contribution < 1.29 is 9.59 Å². The lowest BCUT2D eigenvalue weighted by molar-refractivity contribution is -0.127. The molecule has 0 rings (SSSR count). The van der Waals surface area contributed by atoms with E-state index in [2.05, 4.69) is 22.5 Å². The van der Waals surface area contributed by atoms with Crippen LogP contribution in [0.4, 0.5) is 0 Å². The number of hydrogen-bond donors (Lipinski definition) is 4. The van der Waals surface area contributed by atoms with E-state index in [-0.39, 0.29) is 12.3 Å². The summed E-state index contributed by atoms with van der Waals surface area (Å²) in [5, 5.41) is 6.04. The van der Waals surface area contributed by atoms with E-state index < -0.39 is 11.8 Å². The summed E-state index contributed by atoms with van der Waals surface area (Å²) in [6, 6.07) is 0. The van der Waals surface area contributed by atoms with Crippen LogP contribution in [-0.2, 0) is 9.59 Å². The van der Waals surface area contributed by atoms with E-state index in [1.807, 2.05) is 0 Å². The summed E-state index contributed by atoms with van der Waals surface area (Å²) < 4.78 is 0. The highest BCUT2D eigenvalue weighted by Gasteiger charge is 2.13. The van der Waals surface area contributed by atoms with Crippen molar-refractivity contribution in [1.82, 2.24) is 15.5 Å². The molecule has 0 aromatic rings. The number of nitrogens with two attached hydrogens (primary N) is 2. The highest BCUT2D eigenvalue weighted by Crippen LogP contribution is 1.99. The zero-order valence-electron chi connectivity index (χ0n) is 13.4. The first-order valence-electron chi connectivity index (χ1n) is 7.70. The minimum absolute atomic E-state index is 0.140. The first kappa shape index (κ1) is 19.8. The lowest BCUT2D eigenvalue weighted by Crippen LogP contribution is -2.39. The lowest BCUT2D eigenvalue weighted by Gasteiger charge is -2.20. The van der Waals surface area contributed by atoms with Crippen LogP contribution in [0.3, 0.4) is 0 Å². The Morgan fingerprint density at radius 1 is 1.14 bits per heavy atom. The maximum Gasteiger partial charge on any atom is 0.220 e. The van der Waals surface area contributed by atoms with Gasteiger partial charge in [0, 0.05) is 51.6 Å². The Labute approximate surface area is 127 Å². The van der Waals surface area contributed by atoms with Crippen LogP contribution in [0.2, 0.25) is 0 Å². The molecule has 0 aliphatic rings. The number of rotatable bonds is 13. The summed E-state index contributed by atoms with van der Waals surface area (Å²) in [6.45, 7) is 9.53. The van der Waals surface area contributed by atoms with Gasteiger partial charge in [-0.15, -0.1) is 0 Å². The average Bonchev–Trinajstić information content (AvgIpc) is 2.42. The van der Waals surface area contributed by atoms with E-state index in [1.165, 1.54) is 0 Å². The average molecular weight is 301 g/mol. The Hall–Kier alpha value is -1.18. The van der Waals surface area contributed by atoms with Crippen LogP contribution in [0.25, 0.3) is 0 Å². The Morgan fingerprint density at radius 2 is 1.86 bits per heavy atom. The van der Waals surface area contributed by atoms with Crippen molar-refractivity contribution in [2.24, 2.45) is 17.4 Å². The summed E-state index contributed by atoms with van der Waals surface area (Å²) in [5.74, 6) is -1.00. The third-order valence-electron chi connectivity index (χ3n) is 3.19. The predicted octanol–water partition coefficient (Wildman–Crippen LogP) is -1.13. The molecular weight excluding hydrogens is 270 g/mol. The highest BCUT2D eigenvalue weighted by molar-refractivity contribution is 5.84. The third-order valence-corrected chi connectivity index (χ3v) is 3.19. The summed E-state index contributed by atoms with van der Waals surface area (Å²) in [5.41, 5.74) is 10.7. The monoisotopic (exact) mass is 301 g/mol. The van der Waals surface area contributed by atoms with Crippen LogP contribution in [-0.4, -0.2) is 62.5 Å². The second-order valence-corrected chi connectivity index (χ2v) is 5.24. The molecule has 0 aromatic heterocycles. The molecule has 0 radical (unpaired) electrons. The number of nitrogens with one attached hydrogen (secondary N) is 2. The number of amides is 2. The fourth-order valence-electron chi connectivity index (χ4n) is 1.94. The molecule has 0 fully saturated rings. The Bertz CT molecular complexity index is 293. The molecule has 1 atom stereocenters. The molecule has 0 saturated heterocycles. The van der Waals surface area contributed by atoms with Gasteiger partial charge in [-0.25, -0.2) is 0 Å². The summed E-state index contributed by atoms with van der Waals surface area (Å²) in [7, 11) is 0. The topological polar surface area (TPSA) is 113 Å². The first-order chi connectivity index (χ1) is 10.0. The molecule has 2 amide bonds. The van der Waals surface area contributed by atoms with Gasteiger partial charge in [0.05, 0.1) is 0 Å². The van der Waals surface area contributed by atoms with E-state index >= 15 is 0 Å². The van der Waals surface area contributed by atoms with E-state index in [0.29, 0.717) is 19.6 Å². The van der Waals surface area contributed by atoms with Gasteiger partial charge in [0.15, 0.2) is 0 Å². The largest absolute Gasteiger partial charge is 0.369 e. The molecule has 0 spiro atoms. The number of hydrogen-bond acceptors (Lipinski definition) is 5. The molecule has 1 unspecified atom stereocenters. The SMILES string of the molecule is CCCN(CCN)CCNCCNC(=O)CC(C)C(N)=O. The van der Waals surface area contributed by atoms with Crippen LogP contribution in [0.1, 0.15) is 26.7 Å². The molecule has 0 saturated carbocycles. The predicted molar refractivity (Wildman–Crippen MR) is 84.6 cm³/mol. The van der Waals surface area contributed by atoms with Crippen molar-refractivity contribution in [2.45, 2.75) is 26.7 Å². The van der Waals surface area contributed by atoms with Crippen molar-refractivity contribution in [3.05, 3.63) is 0 Å². The third kappa shape index (κ3) is 11.2. The summed E-state index contributed by atoms with van der Waals surface area (Å²) >= 11 is 0. The van der Waals surface area contributed by atoms with Gasteiger partial charge in [-0.2, -0.15) is 0 Å². The van der Waals surface area contributed by atoms with Gasteiger partial charge in [-0.05, 0) is 13.0 Å². The maximum atomic E-state index is 11.5. The van der Waals surface area contributed by atoms with Gasteiger partial charge < -0.3 is 27.0 Å². The molecule has 7 heteroatoms. The minimum Gasteiger partial charge on any atom is -0.369 e. The van der Waals surface area contributed by atoms with Crippen molar-refractivity contribution in [3.63, 3.8) is 0 Å². The molecule has 6 N–H and O–H groups in total. The molecule has 0 aromatic carbocycles. The Kier molecular flexibility index (Phi) is 11.8. The summed E-state index contributed by atoms with van der Waals surface area (Å²) in [6.07, 6.45) is 1.27. The molecule has 0 heterocycles. The molecule has 0 aliphatic heterocycles.